The van der Waals surface area contributed by atoms with Gasteiger partial charge in [-0.25, -0.2) is 0 Å². The van der Waals surface area contributed by atoms with Gasteiger partial charge in [-0.1, -0.05) is 27.2 Å². The molecule has 74 valence electrons. The summed E-state index contributed by atoms with van der Waals surface area (Å²) in [7, 11) is 0. The van der Waals surface area contributed by atoms with Crippen molar-refractivity contribution in [1.82, 2.24) is 4.90 Å². The van der Waals surface area contributed by atoms with E-state index in [9.17, 15) is 0 Å². The van der Waals surface area contributed by atoms with Crippen molar-refractivity contribution in [1.29, 1.82) is 0 Å². The first kappa shape index (κ1) is 12.0. The van der Waals surface area contributed by atoms with E-state index < -0.39 is 0 Å². The molecule has 12 heavy (non-hydrogen) atoms. The van der Waals surface area contributed by atoms with E-state index in [4.69, 9.17) is 0 Å². The molecule has 0 radical (unpaired) electrons. The van der Waals surface area contributed by atoms with Gasteiger partial charge in [0.05, 0.1) is 0 Å². The molecular weight excluding hydrogens is 146 g/mol. The lowest BCUT2D eigenvalue weighted by Crippen LogP contribution is -2.35. The van der Waals surface area contributed by atoms with Crippen LogP contribution in [0.5, 0.6) is 0 Å². The van der Waals surface area contributed by atoms with E-state index in [0.717, 1.165) is 5.92 Å². The minimum Gasteiger partial charge on any atom is -0.301 e. The summed E-state index contributed by atoms with van der Waals surface area (Å²) in [4.78, 5) is 2.58. The molecule has 0 aromatic rings. The fourth-order valence-corrected chi connectivity index (χ4v) is 1.38. The molecule has 0 saturated carbocycles. The largest absolute Gasteiger partial charge is 0.301 e. The molecule has 0 aromatic carbocycles. The second-order valence-electron chi connectivity index (χ2n) is 4.10. The van der Waals surface area contributed by atoms with E-state index in [2.05, 4.69) is 39.5 Å². The van der Waals surface area contributed by atoms with Crippen molar-refractivity contribution < 1.29 is 0 Å². The van der Waals surface area contributed by atoms with Crippen LogP contribution in [-0.4, -0.2) is 24.0 Å². The van der Waals surface area contributed by atoms with E-state index in [1.54, 1.807) is 0 Å². The molecule has 0 amide bonds. The van der Waals surface area contributed by atoms with Crippen LogP contribution >= 0.6 is 0 Å². The third-order valence-corrected chi connectivity index (χ3v) is 2.48. The second kappa shape index (κ2) is 6.47. The van der Waals surface area contributed by atoms with E-state index in [-0.39, 0.29) is 0 Å². The Morgan fingerprint density at radius 3 is 2.00 bits per heavy atom. The molecule has 0 spiro atoms. The Balaban J connectivity index is 3.77. The Morgan fingerprint density at radius 2 is 1.67 bits per heavy atom. The van der Waals surface area contributed by atoms with Crippen LogP contribution in [0.25, 0.3) is 0 Å². The van der Waals surface area contributed by atoms with Crippen LogP contribution in [0.4, 0.5) is 0 Å². The van der Waals surface area contributed by atoms with Gasteiger partial charge >= 0.3 is 0 Å². The Bertz CT molecular complexity index is 99.2. The zero-order valence-corrected chi connectivity index (χ0v) is 9.43. The van der Waals surface area contributed by atoms with Crippen molar-refractivity contribution in [2.45, 2.75) is 53.5 Å². The van der Waals surface area contributed by atoms with Crippen molar-refractivity contribution in [3.63, 3.8) is 0 Å². The number of rotatable bonds is 6. The summed E-state index contributed by atoms with van der Waals surface area (Å²) in [5, 5.41) is 0. The molecule has 0 saturated heterocycles. The summed E-state index contributed by atoms with van der Waals surface area (Å²) < 4.78 is 0. The molecule has 0 heterocycles. The van der Waals surface area contributed by atoms with Crippen molar-refractivity contribution in [3.05, 3.63) is 0 Å². The highest BCUT2D eigenvalue weighted by Crippen LogP contribution is 2.07. The van der Waals surface area contributed by atoms with Crippen molar-refractivity contribution >= 4 is 0 Å². The number of nitrogens with zero attached hydrogens (tertiary/aromatic N) is 1. The molecule has 0 N–H and O–H groups in total. The second-order valence-corrected chi connectivity index (χ2v) is 4.10. The maximum atomic E-state index is 2.58. The molecule has 1 heteroatoms. The summed E-state index contributed by atoms with van der Waals surface area (Å²) >= 11 is 0. The fourth-order valence-electron chi connectivity index (χ4n) is 1.38. The van der Waals surface area contributed by atoms with Crippen LogP contribution in [0, 0.1) is 5.92 Å². The molecule has 0 aromatic heterocycles. The quantitative estimate of drug-likeness (QED) is 0.593. The predicted molar refractivity (Wildman–Crippen MR) is 56.5 cm³/mol. The molecule has 0 aliphatic rings. The molecule has 1 unspecified atom stereocenters. The summed E-state index contributed by atoms with van der Waals surface area (Å²) in [6.07, 6.45) is 2.57. The fraction of sp³-hybridized carbons (Fsp3) is 1.00. The van der Waals surface area contributed by atoms with Crippen LogP contribution < -0.4 is 0 Å². The van der Waals surface area contributed by atoms with Crippen molar-refractivity contribution in [2.24, 2.45) is 5.92 Å². The highest BCUT2D eigenvalue weighted by Gasteiger charge is 2.10. The van der Waals surface area contributed by atoms with Gasteiger partial charge in [-0.3, -0.25) is 0 Å². The Labute approximate surface area is 78.1 Å². The van der Waals surface area contributed by atoms with Gasteiger partial charge in [-0.05, 0) is 32.7 Å². The van der Waals surface area contributed by atoms with Gasteiger partial charge in [-0.15, -0.1) is 0 Å². The standard InChI is InChI=1S/C11H25N/c1-6-8-12(10(3)4)9-11(5)7-2/h10-11H,6-9H2,1-5H3. The van der Waals surface area contributed by atoms with Crippen LogP contribution in [0.3, 0.4) is 0 Å². The topological polar surface area (TPSA) is 3.24 Å². The monoisotopic (exact) mass is 171 g/mol. The smallest absolute Gasteiger partial charge is 0.00387 e. The normalized spacial score (nSPS) is 14.2. The van der Waals surface area contributed by atoms with E-state index in [1.807, 2.05) is 0 Å². The number of hydrogen-bond donors (Lipinski definition) is 0. The zero-order chi connectivity index (χ0) is 9.56. The van der Waals surface area contributed by atoms with Crippen LogP contribution in [0.15, 0.2) is 0 Å². The van der Waals surface area contributed by atoms with E-state index in [1.165, 1.54) is 25.9 Å². The lowest BCUT2D eigenvalue weighted by atomic mass is 10.1. The lowest BCUT2D eigenvalue weighted by Gasteiger charge is -2.28. The third-order valence-electron chi connectivity index (χ3n) is 2.48. The van der Waals surface area contributed by atoms with Gasteiger partial charge in [0.2, 0.25) is 0 Å². The summed E-state index contributed by atoms with van der Waals surface area (Å²) in [6, 6.07) is 0.707. The lowest BCUT2D eigenvalue weighted by molar-refractivity contribution is 0.191. The minimum absolute atomic E-state index is 0.707. The van der Waals surface area contributed by atoms with Crippen molar-refractivity contribution in [3.8, 4) is 0 Å². The van der Waals surface area contributed by atoms with Gasteiger partial charge in [0.25, 0.3) is 0 Å². The first-order valence-corrected chi connectivity index (χ1v) is 5.35. The highest BCUT2D eigenvalue weighted by atomic mass is 15.1. The maximum absolute atomic E-state index is 2.58. The summed E-state index contributed by atoms with van der Waals surface area (Å²) in [6.45, 7) is 14.0. The van der Waals surface area contributed by atoms with Crippen LogP contribution in [0.2, 0.25) is 0 Å². The maximum Gasteiger partial charge on any atom is 0.00387 e. The van der Waals surface area contributed by atoms with Crippen LogP contribution in [0.1, 0.15) is 47.5 Å². The summed E-state index contributed by atoms with van der Waals surface area (Å²) in [5.41, 5.74) is 0. The molecule has 0 rings (SSSR count). The minimum atomic E-state index is 0.707. The third kappa shape index (κ3) is 4.76. The number of hydrogen-bond acceptors (Lipinski definition) is 1. The molecule has 1 atom stereocenters. The van der Waals surface area contributed by atoms with Crippen LogP contribution in [-0.2, 0) is 0 Å². The highest BCUT2D eigenvalue weighted by molar-refractivity contribution is 4.65. The van der Waals surface area contributed by atoms with Gasteiger partial charge in [0, 0.05) is 12.6 Å². The zero-order valence-electron chi connectivity index (χ0n) is 9.43. The first-order chi connectivity index (χ1) is 5.61. The van der Waals surface area contributed by atoms with Gasteiger partial charge < -0.3 is 4.90 Å². The molecule has 0 fully saturated rings. The Kier molecular flexibility index (Phi) is 6.45. The van der Waals surface area contributed by atoms with Gasteiger partial charge in [-0.2, -0.15) is 0 Å². The Morgan fingerprint density at radius 1 is 1.08 bits per heavy atom. The van der Waals surface area contributed by atoms with Gasteiger partial charge in [0.15, 0.2) is 0 Å². The SMILES string of the molecule is CCCN(CC(C)CC)C(C)C. The van der Waals surface area contributed by atoms with E-state index >= 15 is 0 Å². The first-order valence-electron chi connectivity index (χ1n) is 5.35. The molecular formula is C11H25N. The average Bonchev–Trinajstić information content (AvgIpc) is 2.03. The molecule has 0 aliphatic carbocycles. The molecule has 0 bridgehead atoms. The van der Waals surface area contributed by atoms with Gasteiger partial charge in [0.1, 0.15) is 0 Å². The summed E-state index contributed by atoms with van der Waals surface area (Å²) in [5.74, 6) is 0.846. The average molecular weight is 171 g/mol. The van der Waals surface area contributed by atoms with E-state index in [0.29, 0.717) is 6.04 Å². The predicted octanol–water partition coefficient (Wildman–Crippen LogP) is 3.15. The molecule has 0 aliphatic heterocycles. The Hall–Kier alpha value is -0.0400. The molecule has 1 nitrogen and oxygen atoms in total. The van der Waals surface area contributed by atoms with Crippen molar-refractivity contribution in [2.75, 3.05) is 13.1 Å².